The van der Waals surface area contributed by atoms with Crippen molar-refractivity contribution in [2.45, 2.75) is 26.3 Å². The largest absolute Gasteiger partial charge is 0.487 e. The van der Waals surface area contributed by atoms with Crippen LogP contribution in [0, 0.1) is 16.0 Å². The number of nitro benzene ring substituents is 1. The first-order valence-electron chi connectivity index (χ1n) is 6.94. The average molecular weight is 279 g/mol. The SMILES string of the molecule is CCOc1cc(N2CCC(C)C(N)C2)ccc1[N+](=O)[O-]. The summed E-state index contributed by atoms with van der Waals surface area (Å²) in [5.41, 5.74) is 7.04. The molecule has 1 aromatic carbocycles. The summed E-state index contributed by atoms with van der Waals surface area (Å²) in [6, 6.07) is 5.15. The predicted molar refractivity (Wildman–Crippen MR) is 78.2 cm³/mol. The molecule has 0 saturated carbocycles. The van der Waals surface area contributed by atoms with Crippen molar-refractivity contribution in [3.05, 3.63) is 28.3 Å². The van der Waals surface area contributed by atoms with E-state index in [0.717, 1.165) is 25.2 Å². The monoisotopic (exact) mass is 279 g/mol. The smallest absolute Gasteiger partial charge is 0.311 e. The zero-order valence-corrected chi connectivity index (χ0v) is 11.9. The van der Waals surface area contributed by atoms with Crippen LogP contribution >= 0.6 is 0 Å². The Bertz CT molecular complexity index is 493. The molecule has 2 unspecified atom stereocenters. The van der Waals surface area contributed by atoms with Gasteiger partial charge in [0.15, 0.2) is 5.75 Å². The van der Waals surface area contributed by atoms with Gasteiger partial charge in [0.1, 0.15) is 0 Å². The van der Waals surface area contributed by atoms with Gasteiger partial charge in [-0.25, -0.2) is 0 Å². The highest BCUT2D eigenvalue weighted by atomic mass is 16.6. The zero-order valence-electron chi connectivity index (χ0n) is 11.9. The number of piperidine rings is 1. The Morgan fingerprint density at radius 1 is 1.55 bits per heavy atom. The summed E-state index contributed by atoms with van der Waals surface area (Å²) in [4.78, 5) is 12.7. The molecule has 2 N–H and O–H groups in total. The van der Waals surface area contributed by atoms with Gasteiger partial charge in [-0.1, -0.05) is 6.92 Å². The van der Waals surface area contributed by atoms with Gasteiger partial charge in [-0.05, 0) is 25.3 Å². The molecule has 1 saturated heterocycles. The Morgan fingerprint density at radius 3 is 2.90 bits per heavy atom. The molecule has 1 fully saturated rings. The molecule has 0 radical (unpaired) electrons. The highest BCUT2D eigenvalue weighted by molar-refractivity contribution is 5.59. The minimum atomic E-state index is -0.418. The third-order valence-corrected chi connectivity index (χ3v) is 3.82. The van der Waals surface area contributed by atoms with Gasteiger partial charge in [0.05, 0.1) is 11.5 Å². The standard InChI is InChI=1S/C14H21N3O3/c1-3-20-14-8-11(4-5-13(14)17(18)19)16-7-6-10(2)12(15)9-16/h4-5,8,10,12H,3,6-7,9,15H2,1-2H3. The molecule has 6 nitrogen and oxygen atoms in total. The average Bonchev–Trinajstić information content (AvgIpc) is 2.42. The molecule has 0 spiro atoms. The van der Waals surface area contributed by atoms with Gasteiger partial charge in [-0.2, -0.15) is 0 Å². The number of benzene rings is 1. The zero-order chi connectivity index (χ0) is 14.7. The molecule has 20 heavy (non-hydrogen) atoms. The summed E-state index contributed by atoms with van der Waals surface area (Å²) < 4.78 is 5.38. The Morgan fingerprint density at radius 2 is 2.30 bits per heavy atom. The normalized spacial score (nSPS) is 22.6. The second kappa shape index (κ2) is 6.09. The van der Waals surface area contributed by atoms with Crippen LogP contribution in [-0.2, 0) is 0 Å². The molecule has 0 aliphatic carbocycles. The van der Waals surface area contributed by atoms with E-state index in [9.17, 15) is 10.1 Å². The second-order valence-corrected chi connectivity index (χ2v) is 5.22. The number of rotatable bonds is 4. The quantitative estimate of drug-likeness (QED) is 0.674. The first-order chi connectivity index (χ1) is 9.52. The van der Waals surface area contributed by atoms with Crippen molar-refractivity contribution in [1.29, 1.82) is 0 Å². The maximum absolute atomic E-state index is 11.0. The summed E-state index contributed by atoms with van der Waals surface area (Å²) >= 11 is 0. The molecule has 2 rings (SSSR count). The van der Waals surface area contributed by atoms with Gasteiger partial charge in [0.25, 0.3) is 0 Å². The van der Waals surface area contributed by atoms with Crippen LogP contribution in [0.3, 0.4) is 0 Å². The lowest BCUT2D eigenvalue weighted by molar-refractivity contribution is -0.385. The molecule has 110 valence electrons. The molecular weight excluding hydrogens is 258 g/mol. The van der Waals surface area contributed by atoms with Crippen LogP contribution in [0.4, 0.5) is 11.4 Å². The van der Waals surface area contributed by atoms with Gasteiger partial charge in [-0.3, -0.25) is 10.1 Å². The third kappa shape index (κ3) is 3.01. The van der Waals surface area contributed by atoms with Crippen molar-refractivity contribution in [2.24, 2.45) is 11.7 Å². The Labute approximate surface area is 118 Å². The topological polar surface area (TPSA) is 81.6 Å². The molecule has 1 aliphatic rings. The molecule has 0 aromatic heterocycles. The number of hydrogen-bond donors (Lipinski definition) is 1. The van der Waals surface area contributed by atoms with Crippen LogP contribution in [-0.4, -0.2) is 30.7 Å². The number of nitrogens with zero attached hydrogens (tertiary/aromatic N) is 2. The van der Waals surface area contributed by atoms with E-state index in [1.54, 1.807) is 12.1 Å². The van der Waals surface area contributed by atoms with Gasteiger partial charge in [0.2, 0.25) is 0 Å². The van der Waals surface area contributed by atoms with Gasteiger partial charge in [0, 0.05) is 37.0 Å². The van der Waals surface area contributed by atoms with Gasteiger partial charge < -0.3 is 15.4 Å². The van der Waals surface area contributed by atoms with Gasteiger partial charge >= 0.3 is 5.69 Å². The van der Waals surface area contributed by atoms with Crippen molar-refractivity contribution in [1.82, 2.24) is 0 Å². The molecule has 0 amide bonds. The third-order valence-electron chi connectivity index (χ3n) is 3.82. The number of hydrogen-bond acceptors (Lipinski definition) is 5. The molecule has 1 heterocycles. The van der Waals surface area contributed by atoms with E-state index in [1.807, 2.05) is 6.92 Å². The summed E-state index contributed by atoms with van der Waals surface area (Å²) in [6.45, 7) is 6.06. The molecule has 1 aliphatic heterocycles. The minimum absolute atomic E-state index is 0.00489. The second-order valence-electron chi connectivity index (χ2n) is 5.22. The molecular formula is C14H21N3O3. The molecule has 0 bridgehead atoms. The van der Waals surface area contributed by atoms with Gasteiger partial charge in [-0.15, -0.1) is 0 Å². The lowest BCUT2D eigenvalue weighted by Gasteiger charge is -2.36. The van der Waals surface area contributed by atoms with E-state index in [4.69, 9.17) is 10.5 Å². The Hall–Kier alpha value is -1.82. The number of anilines is 1. The number of ether oxygens (including phenoxy) is 1. The Balaban J connectivity index is 2.24. The van der Waals surface area contributed by atoms with E-state index in [-0.39, 0.29) is 11.7 Å². The first-order valence-corrected chi connectivity index (χ1v) is 6.94. The Kier molecular flexibility index (Phi) is 4.44. The van der Waals surface area contributed by atoms with Crippen molar-refractivity contribution < 1.29 is 9.66 Å². The summed E-state index contributed by atoms with van der Waals surface area (Å²) in [6.07, 6.45) is 1.03. The maximum atomic E-state index is 11.0. The van der Waals surface area contributed by atoms with E-state index < -0.39 is 4.92 Å². The van der Waals surface area contributed by atoms with E-state index in [2.05, 4.69) is 11.8 Å². The maximum Gasteiger partial charge on any atom is 0.311 e. The summed E-state index contributed by atoms with van der Waals surface area (Å²) in [5, 5.41) is 11.0. The fourth-order valence-electron chi connectivity index (χ4n) is 2.46. The highest BCUT2D eigenvalue weighted by Gasteiger charge is 2.25. The van der Waals surface area contributed by atoms with Crippen molar-refractivity contribution >= 4 is 11.4 Å². The van der Waals surface area contributed by atoms with Crippen LogP contribution in [0.2, 0.25) is 0 Å². The highest BCUT2D eigenvalue weighted by Crippen LogP contribution is 2.33. The first kappa shape index (κ1) is 14.6. The van der Waals surface area contributed by atoms with Crippen LogP contribution in [0.1, 0.15) is 20.3 Å². The summed E-state index contributed by atoms with van der Waals surface area (Å²) in [7, 11) is 0. The van der Waals surface area contributed by atoms with Crippen LogP contribution in [0.5, 0.6) is 5.75 Å². The predicted octanol–water partition coefficient (Wildman–Crippen LogP) is 2.17. The van der Waals surface area contributed by atoms with E-state index >= 15 is 0 Å². The van der Waals surface area contributed by atoms with E-state index in [1.165, 1.54) is 6.07 Å². The van der Waals surface area contributed by atoms with Crippen LogP contribution < -0.4 is 15.4 Å². The fraction of sp³-hybridized carbons (Fsp3) is 0.571. The molecule has 1 aromatic rings. The molecule has 6 heteroatoms. The molecule has 2 atom stereocenters. The van der Waals surface area contributed by atoms with Crippen LogP contribution in [0.25, 0.3) is 0 Å². The lowest BCUT2D eigenvalue weighted by atomic mass is 9.94. The fourth-order valence-corrected chi connectivity index (χ4v) is 2.46. The summed E-state index contributed by atoms with van der Waals surface area (Å²) in [5.74, 6) is 0.831. The van der Waals surface area contributed by atoms with E-state index in [0.29, 0.717) is 18.3 Å². The van der Waals surface area contributed by atoms with Crippen molar-refractivity contribution in [3.8, 4) is 5.75 Å². The minimum Gasteiger partial charge on any atom is -0.487 e. The van der Waals surface area contributed by atoms with Crippen LogP contribution in [0.15, 0.2) is 18.2 Å². The van der Waals surface area contributed by atoms with Crippen molar-refractivity contribution in [2.75, 3.05) is 24.6 Å². The lowest BCUT2D eigenvalue weighted by Crippen LogP contribution is -2.47. The van der Waals surface area contributed by atoms with Crippen molar-refractivity contribution in [3.63, 3.8) is 0 Å². The number of nitrogens with two attached hydrogens (primary N) is 1. The number of nitro groups is 1.